The summed E-state index contributed by atoms with van der Waals surface area (Å²) in [6, 6.07) is 9.85. The number of nitrogens with one attached hydrogen (secondary N) is 2. The second-order valence-electron chi connectivity index (χ2n) is 8.00. The summed E-state index contributed by atoms with van der Waals surface area (Å²) in [5.41, 5.74) is 3.19. The summed E-state index contributed by atoms with van der Waals surface area (Å²) >= 11 is 0. The molecule has 4 heteroatoms. The summed E-state index contributed by atoms with van der Waals surface area (Å²) < 4.78 is 0. The Morgan fingerprint density at radius 3 is 2.39 bits per heavy atom. The van der Waals surface area contributed by atoms with Crippen LogP contribution >= 0.6 is 0 Å². The first-order valence-corrected chi connectivity index (χ1v) is 11.2. The normalized spacial score (nSPS) is 18.6. The third kappa shape index (κ3) is 4.91. The number of hydrogen-bond acceptors (Lipinski definition) is 4. The number of aryl methyl sites for hydroxylation is 1. The fraction of sp³-hybridized carbons (Fsp3) is 0.583. The second kappa shape index (κ2) is 10.0. The lowest BCUT2D eigenvalue weighted by Crippen LogP contribution is -2.47. The van der Waals surface area contributed by atoms with E-state index in [4.69, 9.17) is 10.4 Å². The quantitative estimate of drug-likeness (QED) is 0.667. The van der Waals surface area contributed by atoms with Gasteiger partial charge in [0.1, 0.15) is 5.82 Å². The van der Waals surface area contributed by atoms with Crippen LogP contribution in [0.1, 0.15) is 71.3 Å². The zero-order chi connectivity index (χ0) is 19.9. The van der Waals surface area contributed by atoms with E-state index >= 15 is 0 Å². The number of rotatable bonds is 4. The predicted octanol–water partition coefficient (Wildman–Crippen LogP) is 5.70. The Kier molecular flexibility index (Phi) is 7.43. The number of nitrogens with zero attached hydrogens (tertiary/aromatic N) is 2. The molecular weight excluding hydrogens is 344 g/mol. The topological polar surface area (TPSA) is 52.0 Å². The highest BCUT2D eigenvalue weighted by atomic mass is 15.2. The number of pyridine rings is 1. The molecule has 154 valence electrons. The highest BCUT2D eigenvalue weighted by molar-refractivity contribution is 5.93. The number of hydrogen-bond donors (Lipinski definition) is 2. The van der Waals surface area contributed by atoms with E-state index in [0.717, 1.165) is 41.4 Å². The van der Waals surface area contributed by atoms with Crippen LogP contribution in [0.5, 0.6) is 0 Å². The first-order valence-electron chi connectivity index (χ1n) is 11.2. The Morgan fingerprint density at radius 2 is 1.71 bits per heavy atom. The van der Waals surface area contributed by atoms with Crippen molar-refractivity contribution < 1.29 is 1.43 Å². The molecule has 1 saturated carbocycles. The lowest BCUT2D eigenvalue weighted by atomic mass is 9.93. The first kappa shape index (κ1) is 20.8. The van der Waals surface area contributed by atoms with Crippen LogP contribution in [0, 0.1) is 12.3 Å². The number of anilines is 1. The molecule has 0 amide bonds. The van der Waals surface area contributed by atoms with E-state index in [1.54, 1.807) is 0 Å². The number of benzene rings is 1. The van der Waals surface area contributed by atoms with Crippen molar-refractivity contribution in [3.63, 3.8) is 0 Å². The molecule has 0 unspecified atom stereocenters. The van der Waals surface area contributed by atoms with Gasteiger partial charge in [0.15, 0.2) is 0 Å². The monoisotopic (exact) mass is 382 g/mol. The molecule has 4 rings (SSSR count). The zero-order valence-electron chi connectivity index (χ0n) is 17.8. The van der Waals surface area contributed by atoms with Gasteiger partial charge in [-0.2, -0.15) is 0 Å². The number of aromatic nitrogens is 1. The van der Waals surface area contributed by atoms with Crippen LogP contribution in [0.4, 0.5) is 5.82 Å². The molecule has 0 bridgehead atoms. The van der Waals surface area contributed by atoms with Gasteiger partial charge in [-0.25, -0.2) is 4.98 Å². The van der Waals surface area contributed by atoms with E-state index in [9.17, 15) is 0 Å². The second-order valence-corrected chi connectivity index (χ2v) is 8.00. The Hall–Kier alpha value is -1.94. The minimum Gasteiger partial charge on any atom is -0.356 e. The third-order valence-corrected chi connectivity index (χ3v) is 6.01. The van der Waals surface area contributed by atoms with Crippen LogP contribution in [0.2, 0.25) is 0 Å². The minimum atomic E-state index is 0. The molecule has 4 nitrogen and oxygen atoms in total. The maximum Gasteiger partial charge on any atom is 0.138 e. The lowest BCUT2D eigenvalue weighted by molar-refractivity contribution is 0.307. The summed E-state index contributed by atoms with van der Waals surface area (Å²) in [6.07, 6.45) is 10.7. The fourth-order valence-electron chi connectivity index (χ4n) is 4.52. The highest BCUT2D eigenvalue weighted by Gasteiger charge is 2.24. The van der Waals surface area contributed by atoms with E-state index in [-0.39, 0.29) is 1.43 Å². The summed E-state index contributed by atoms with van der Waals surface area (Å²) in [6.45, 7) is 8.15. The highest BCUT2D eigenvalue weighted by Crippen LogP contribution is 2.27. The molecule has 0 spiro atoms. The van der Waals surface area contributed by atoms with Crippen molar-refractivity contribution in [1.29, 1.82) is 5.41 Å². The van der Waals surface area contributed by atoms with Crippen LogP contribution < -0.4 is 10.2 Å². The van der Waals surface area contributed by atoms with E-state index < -0.39 is 0 Å². The molecule has 0 atom stereocenters. The molecule has 1 aliphatic heterocycles. The van der Waals surface area contributed by atoms with Crippen molar-refractivity contribution in [2.75, 3.05) is 18.0 Å². The molecule has 1 aromatic heterocycles. The predicted molar refractivity (Wildman–Crippen MR) is 123 cm³/mol. The SMILES string of the molecule is CC.Cc1ccc2nc(N3CCC(NC4CCCCC4)CC3)c(C=N)cc2c1.[HH]. The molecule has 2 fully saturated rings. The standard InChI is InChI=1S/C22H30N4.C2H6.H2/c1-16-7-8-21-17(13-16)14-18(15-23)22(25-21)26-11-9-20(10-12-26)24-19-5-3-2-4-6-19;1-2;/h7-8,13-15,19-20,23-24H,2-6,9-12H2,1H3;1-2H3;1H. The first-order chi connectivity index (χ1) is 13.7. The Bertz CT molecular complexity index is 778. The molecule has 2 aliphatic rings. The van der Waals surface area contributed by atoms with Crippen molar-refractivity contribution in [3.05, 3.63) is 35.4 Å². The number of piperidine rings is 1. The van der Waals surface area contributed by atoms with Crippen molar-refractivity contribution in [1.82, 2.24) is 10.3 Å². The van der Waals surface area contributed by atoms with E-state index in [2.05, 4.69) is 41.4 Å². The molecule has 1 aliphatic carbocycles. The lowest BCUT2D eigenvalue weighted by Gasteiger charge is -2.36. The maximum absolute atomic E-state index is 7.84. The summed E-state index contributed by atoms with van der Waals surface area (Å²) in [5, 5.41) is 12.9. The van der Waals surface area contributed by atoms with Crippen molar-refractivity contribution in [2.45, 2.75) is 77.8 Å². The van der Waals surface area contributed by atoms with E-state index in [1.165, 1.54) is 56.7 Å². The van der Waals surface area contributed by atoms with Gasteiger partial charge in [-0.1, -0.05) is 44.7 Å². The summed E-state index contributed by atoms with van der Waals surface area (Å²) in [4.78, 5) is 7.28. The Balaban J connectivity index is 0.000000970. The summed E-state index contributed by atoms with van der Waals surface area (Å²) in [5.74, 6) is 0.979. The molecule has 1 saturated heterocycles. The van der Waals surface area contributed by atoms with Gasteiger partial charge in [0.25, 0.3) is 0 Å². The van der Waals surface area contributed by atoms with Gasteiger partial charge in [-0.15, -0.1) is 0 Å². The maximum atomic E-state index is 7.84. The molecule has 2 aromatic rings. The summed E-state index contributed by atoms with van der Waals surface area (Å²) in [7, 11) is 0. The van der Waals surface area contributed by atoms with E-state index in [1.807, 2.05) is 13.8 Å². The van der Waals surface area contributed by atoms with Gasteiger partial charge < -0.3 is 15.6 Å². The van der Waals surface area contributed by atoms with Gasteiger partial charge in [0.2, 0.25) is 0 Å². The molecule has 0 radical (unpaired) electrons. The fourth-order valence-corrected chi connectivity index (χ4v) is 4.52. The third-order valence-electron chi connectivity index (χ3n) is 6.01. The van der Waals surface area contributed by atoms with Crippen molar-refractivity contribution in [2.24, 2.45) is 0 Å². The average Bonchev–Trinajstić information content (AvgIpc) is 2.75. The van der Waals surface area contributed by atoms with Crippen molar-refractivity contribution >= 4 is 22.9 Å². The molecule has 1 aromatic carbocycles. The molecular formula is C24H38N4. The Morgan fingerprint density at radius 1 is 1.04 bits per heavy atom. The van der Waals surface area contributed by atoms with Gasteiger partial charge >= 0.3 is 0 Å². The van der Waals surface area contributed by atoms with Crippen molar-refractivity contribution in [3.8, 4) is 0 Å². The van der Waals surface area contributed by atoms with Crippen LogP contribution in [0.15, 0.2) is 24.3 Å². The van der Waals surface area contributed by atoms with Gasteiger partial charge in [-0.05, 0) is 50.8 Å². The zero-order valence-corrected chi connectivity index (χ0v) is 17.8. The largest absolute Gasteiger partial charge is 0.356 e. The van der Waals surface area contributed by atoms with Crippen LogP contribution in [0.3, 0.4) is 0 Å². The van der Waals surface area contributed by atoms with Crippen LogP contribution in [-0.4, -0.2) is 36.4 Å². The Labute approximate surface area is 171 Å². The van der Waals surface area contributed by atoms with Gasteiger partial charge in [0.05, 0.1) is 5.52 Å². The number of fused-ring (bicyclic) bond motifs is 1. The minimum absolute atomic E-state index is 0. The molecule has 28 heavy (non-hydrogen) atoms. The molecule has 2 heterocycles. The average molecular weight is 383 g/mol. The van der Waals surface area contributed by atoms with Crippen LogP contribution in [-0.2, 0) is 0 Å². The van der Waals surface area contributed by atoms with E-state index in [0.29, 0.717) is 6.04 Å². The van der Waals surface area contributed by atoms with Gasteiger partial charge in [0, 0.05) is 43.8 Å². The molecule has 2 N–H and O–H groups in total. The van der Waals surface area contributed by atoms with Gasteiger partial charge in [-0.3, -0.25) is 0 Å². The smallest absolute Gasteiger partial charge is 0.138 e. The van der Waals surface area contributed by atoms with Crippen LogP contribution in [0.25, 0.3) is 10.9 Å².